The van der Waals surface area contributed by atoms with E-state index in [1.165, 1.54) is 5.56 Å². The highest BCUT2D eigenvalue weighted by Crippen LogP contribution is 2.29. The zero-order valence-corrected chi connectivity index (χ0v) is 13.1. The molecule has 0 aliphatic carbocycles. The van der Waals surface area contributed by atoms with Crippen LogP contribution in [0.1, 0.15) is 36.6 Å². The van der Waals surface area contributed by atoms with Gasteiger partial charge in [-0.1, -0.05) is 44.3 Å². The number of nitrogens with two attached hydrogens (primary N) is 1. The van der Waals surface area contributed by atoms with Crippen LogP contribution in [0.5, 0.6) is 0 Å². The van der Waals surface area contributed by atoms with Gasteiger partial charge >= 0.3 is 0 Å². The van der Waals surface area contributed by atoms with Crippen molar-refractivity contribution in [3.63, 3.8) is 0 Å². The van der Waals surface area contributed by atoms with Gasteiger partial charge in [0, 0.05) is 12.7 Å². The van der Waals surface area contributed by atoms with Crippen molar-refractivity contribution in [1.29, 1.82) is 0 Å². The number of hydrogen-bond donors (Lipinski definition) is 2. The number of nitrogens with zero attached hydrogens (tertiary/aromatic N) is 2. The van der Waals surface area contributed by atoms with Crippen LogP contribution in [0.15, 0.2) is 24.3 Å². The van der Waals surface area contributed by atoms with Crippen molar-refractivity contribution in [2.75, 3.05) is 5.32 Å². The zero-order chi connectivity index (χ0) is 14.9. The molecule has 0 aliphatic rings. The predicted octanol–water partition coefficient (Wildman–Crippen LogP) is 3.23. The molecule has 0 atom stereocenters. The number of thiocarbonyl (C=S) groups is 1. The van der Waals surface area contributed by atoms with Gasteiger partial charge in [-0.3, -0.25) is 4.68 Å². The third-order valence-corrected chi connectivity index (χ3v) is 3.51. The van der Waals surface area contributed by atoms with E-state index in [-0.39, 0.29) is 0 Å². The molecule has 106 valence electrons. The van der Waals surface area contributed by atoms with Crippen molar-refractivity contribution in [3.05, 3.63) is 41.1 Å². The monoisotopic (exact) mass is 288 g/mol. The zero-order valence-electron chi connectivity index (χ0n) is 12.3. The van der Waals surface area contributed by atoms with Gasteiger partial charge in [-0.05, 0) is 24.5 Å². The van der Waals surface area contributed by atoms with Crippen LogP contribution in [0.3, 0.4) is 0 Å². The fourth-order valence-electron chi connectivity index (χ4n) is 2.34. The van der Waals surface area contributed by atoms with Gasteiger partial charge in [0.15, 0.2) is 0 Å². The first-order valence-corrected chi connectivity index (χ1v) is 7.02. The summed E-state index contributed by atoms with van der Waals surface area (Å²) in [4.78, 5) is 0.361. The van der Waals surface area contributed by atoms with E-state index in [0.29, 0.717) is 10.9 Å². The summed E-state index contributed by atoms with van der Waals surface area (Å²) < 4.78 is 1.78. The Morgan fingerprint density at radius 3 is 2.60 bits per heavy atom. The number of rotatable bonds is 4. The molecule has 3 N–H and O–H groups in total. The highest BCUT2D eigenvalue weighted by atomic mass is 32.1. The summed E-state index contributed by atoms with van der Waals surface area (Å²) >= 11 is 5.14. The smallest absolute Gasteiger partial charge is 0.138 e. The van der Waals surface area contributed by atoms with Gasteiger partial charge in [0.2, 0.25) is 0 Å². The summed E-state index contributed by atoms with van der Waals surface area (Å²) in [5.41, 5.74) is 9.77. The Hall–Kier alpha value is -1.88. The van der Waals surface area contributed by atoms with E-state index >= 15 is 0 Å². The molecule has 2 rings (SSSR count). The largest absolute Gasteiger partial charge is 0.389 e. The van der Waals surface area contributed by atoms with Gasteiger partial charge in [0.1, 0.15) is 10.8 Å². The number of para-hydroxylation sites is 1. The third-order valence-electron chi connectivity index (χ3n) is 3.30. The molecule has 1 aromatic carbocycles. The van der Waals surface area contributed by atoms with Crippen molar-refractivity contribution in [1.82, 2.24) is 9.78 Å². The molecule has 5 heteroatoms. The second-order valence-electron chi connectivity index (χ2n) is 5.16. The standard InChI is InChI=1S/C15H20N4S/c1-9(2)11-7-5-6-8-12(11)17-15-13(14(16)20)10(3)18-19(15)4/h5-9,17H,1-4H3,(H2,16,20). The van der Waals surface area contributed by atoms with Gasteiger partial charge in [-0.15, -0.1) is 0 Å². The lowest BCUT2D eigenvalue weighted by molar-refractivity contribution is 0.764. The number of nitrogens with one attached hydrogen (secondary N) is 1. The summed E-state index contributed by atoms with van der Waals surface area (Å²) in [6.07, 6.45) is 0. The fourth-order valence-corrected chi connectivity index (χ4v) is 2.58. The van der Waals surface area contributed by atoms with E-state index < -0.39 is 0 Å². The quantitative estimate of drug-likeness (QED) is 0.848. The Labute approximate surface area is 125 Å². The minimum absolute atomic E-state index is 0.361. The van der Waals surface area contributed by atoms with Crippen molar-refractivity contribution < 1.29 is 0 Å². The first-order valence-electron chi connectivity index (χ1n) is 6.61. The van der Waals surface area contributed by atoms with Gasteiger partial charge in [-0.2, -0.15) is 5.10 Å². The number of aromatic nitrogens is 2. The second-order valence-corrected chi connectivity index (χ2v) is 5.60. The van der Waals surface area contributed by atoms with Crippen LogP contribution in [-0.4, -0.2) is 14.8 Å². The van der Waals surface area contributed by atoms with Crippen LogP contribution >= 0.6 is 12.2 Å². The molecule has 1 aromatic heterocycles. The normalized spacial score (nSPS) is 10.8. The van der Waals surface area contributed by atoms with Crippen LogP contribution < -0.4 is 11.1 Å². The lowest BCUT2D eigenvalue weighted by Gasteiger charge is -2.15. The van der Waals surface area contributed by atoms with E-state index in [2.05, 4.69) is 36.4 Å². The molecule has 0 bridgehead atoms. The average Bonchev–Trinajstić information content (AvgIpc) is 2.64. The van der Waals surface area contributed by atoms with E-state index in [4.69, 9.17) is 18.0 Å². The topological polar surface area (TPSA) is 55.9 Å². The summed E-state index contributed by atoms with van der Waals surface area (Å²) in [5.74, 6) is 1.27. The van der Waals surface area contributed by atoms with E-state index in [1.807, 2.05) is 26.1 Å². The first kappa shape index (κ1) is 14.5. The van der Waals surface area contributed by atoms with E-state index in [0.717, 1.165) is 22.8 Å². The molecular formula is C15H20N4S. The minimum Gasteiger partial charge on any atom is -0.389 e. The summed E-state index contributed by atoms with van der Waals surface area (Å²) in [6.45, 7) is 6.25. The maximum absolute atomic E-state index is 5.82. The lowest BCUT2D eigenvalue weighted by atomic mass is 10.0. The highest BCUT2D eigenvalue weighted by Gasteiger charge is 2.17. The van der Waals surface area contributed by atoms with Crippen LogP contribution in [0.25, 0.3) is 0 Å². The molecule has 1 heterocycles. The Morgan fingerprint density at radius 2 is 2.00 bits per heavy atom. The molecule has 0 fully saturated rings. The van der Waals surface area contributed by atoms with Gasteiger partial charge in [0.25, 0.3) is 0 Å². The molecular weight excluding hydrogens is 268 g/mol. The van der Waals surface area contributed by atoms with Crippen LogP contribution in [-0.2, 0) is 7.05 Å². The molecule has 0 saturated carbocycles. The summed E-state index contributed by atoms with van der Waals surface area (Å²) in [6, 6.07) is 8.24. The summed E-state index contributed by atoms with van der Waals surface area (Å²) in [7, 11) is 1.88. The Bertz CT molecular complexity index is 643. The van der Waals surface area contributed by atoms with Crippen LogP contribution in [0, 0.1) is 6.92 Å². The van der Waals surface area contributed by atoms with Gasteiger partial charge < -0.3 is 11.1 Å². The third kappa shape index (κ3) is 2.67. The van der Waals surface area contributed by atoms with Crippen molar-refractivity contribution in [2.45, 2.75) is 26.7 Å². The molecule has 0 spiro atoms. The Balaban J connectivity index is 2.48. The second kappa shape index (κ2) is 5.63. The van der Waals surface area contributed by atoms with Crippen molar-refractivity contribution >= 4 is 28.7 Å². The van der Waals surface area contributed by atoms with Crippen molar-refractivity contribution in [2.24, 2.45) is 12.8 Å². The van der Waals surface area contributed by atoms with Crippen LogP contribution in [0.4, 0.5) is 11.5 Å². The number of anilines is 2. The maximum Gasteiger partial charge on any atom is 0.138 e. The lowest BCUT2D eigenvalue weighted by Crippen LogP contribution is -2.13. The minimum atomic E-state index is 0.361. The van der Waals surface area contributed by atoms with Crippen LogP contribution in [0.2, 0.25) is 0 Å². The Morgan fingerprint density at radius 1 is 1.35 bits per heavy atom. The molecule has 0 aliphatic heterocycles. The van der Waals surface area contributed by atoms with Crippen molar-refractivity contribution in [3.8, 4) is 0 Å². The van der Waals surface area contributed by atoms with Gasteiger partial charge in [0.05, 0.1) is 11.3 Å². The predicted molar refractivity (Wildman–Crippen MR) is 87.6 cm³/mol. The molecule has 20 heavy (non-hydrogen) atoms. The Kier molecular flexibility index (Phi) is 4.09. The molecule has 0 saturated heterocycles. The van der Waals surface area contributed by atoms with Gasteiger partial charge in [-0.25, -0.2) is 0 Å². The average molecular weight is 288 g/mol. The number of benzene rings is 1. The first-order chi connectivity index (χ1) is 9.41. The highest BCUT2D eigenvalue weighted by molar-refractivity contribution is 7.80. The fraction of sp³-hybridized carbons (Fsp3) is 0.333. The number of aryl methyl sites for hydroxylation is 2. The SMILES string of the molecule is Cc1nn(C)c(Nc2ccccc2C(C)C)c1C(N)=S. The maximum atomic E-state index is 5.82. The number of hydrogen-bond acceptors (Lipinski definition) is 3. The summed E-state index contributed by atoms with van der Waals surface area (Å²) in [5, 5.41) is 7.82. The molecule has 0 radical (unpaired) electrons. The molecule has 0 amide bonds. The molecule has 0 unspecified atom stereocenters. The molecule has 4 nitrogen and oxygen atoms in total. The van der Waals surface area contributed by atoms with E-state index in [1.54, 1.807) is 4.68 Å². The van der Waals surface area contributed by atoms with E-state index in [9.17, 15) is 0 Å². The molecule has 2 aromatic rings.